The fourth-order valence-corrected chi connectivity index (χ4v) is 1.77. The summed E-state index contributed by atoms with van der Waals surface area (Å²) in [6.07, 6.45) is -4.64. The van der Waals surface area contributed by atoms with Crippen LogP contribution in [0.1, 0.15) is 15.9 Å². The Morgan fingerprint density at radius 1 is 1.00 bits per heavy atom. The first kappa shape index (κ1) is 13.9. The minimum absolute atomic E-state index is 0.381. The van der Waals surface area contributed by atoms with Gasteiger partial charge < -0.3 is 10.4 Å². The molecule has 0 atom stereocenters. The van der Waals surface area contributed by atoms with Gasteiger partial charge in [-0.05, 0) is 24.3 Å². The topological polar surface area (TPSA) is 49.3 Å². The Labute approximate surface area is 112 Å². The van der Waals surface area contributed by atoms with Crippen molar-refractivity contribution < 1.29 is 23.1 Å². The number of benzene rings is 2. The quantitative estimate of drug-likeness (QED) is 0.888. The van der Waals surface area contributed by atoms with Gasteiger partial charge in [0.1, 0.15) is 0 Å². The number of carboxylic acids is 1. The van der Waals surface area contributed by atoms with Crippen LogP contribution >= 0.6 is 0 Å². The first-order valence-electron chi connectivity index (χ1n) is 5.65. The monoisotopic (exact) mass is 281 g/mol. The molecule has 0 aliphatic heterocycles. The summed E-state index contributed by atoms with van der Waals surface area (Å²) in [5, 5.41) is 11.6. The average Bonchev–Trinajstić information content (AvgIpc) is 2.38. The summed E-state index contributed by atoms with van der Waals surface area (Å²) in [7, 11) is 0. The molecule has 0 amide bonds. The zero-order valence-electron chi connectivity index (χ0n) is 10.1. The molecule has 6 heteroatoms. The molecule has 0 aliphatic carbocycles. The molecule has 2 aromatic rings. The van der Waals surface area contributed by atoms with Crippen LogP contribution < -0.4 is 5.32 Å². The van der Waals surface area contributed by atoms with Crippen LogP contribution in [0.3, 0.4) is 0 Å². The second-order valence-electron chi connectivity index (χ2n) is 4.02. The van der Waals surface area contributed by atoms with Gasteiger partial charge in [0.15, 0.2) is 0 Å². The lowest BCUT2D eigenvalue weighted by molar-refractivity contribution is -0.136. The highest BCUT2D eigenvalue weighted by Gasteiger charge is 2.35. The minimum atomic E-state index is -4.64. The maximum Gasteiger partial charge on any atom is 0.418 e. The summed E-state index contributed by atoms with van der Waals surface area (Å²) >= 11 is 0. The van der Waals surface area contributed by atoms with E-state index in [4.69, 9.17) is 5.11 Å². The second-order valence-corrected chi connectivity index (χ2v) is 4.02. The summed E-state index contributed by atoms with van der Waals surface area (Å²) < 4.78 is 38.9. The first-order chi connectivity index (χ1) is 9.39. The number of anilines is 2. The van der Waals surface area contributed by atoms with Gasteiger partial charge in [-0.1, -0.05) is 24.3 Å². The number of alkyl halides is 3. The van der Waals surface area contributed by atoms with Crippen LogP contribution in [0.5, 0.6) is 0 Å². The van der Waals surface area contributed by atoms with Gasteiger partial charge in [0, 0.05) is 5.69 Å². The molecule has 0 bridgehead atoms. The summed E-state index contributed by atoms with van der Waals surface area (Å²) in [5.74, 6) is -1.42. The lowest BCUT2D eigenvalue weighted by atomic mass is 10.1. The third-order valence-corrected chi connectivity index (χ3v) is 2.64. The second kappa shape index (κ2) is 5.24. The molecule has 0 spiro atoms. The highest BCUT2D eigenvalue weighted by molar-refractivity contribution is 5.96. The van der Waals surface area contributed by atoms with E-state index in [1.807, 2.05) is 0 Å². The van der Waals surface area contributed by atoms with Crippen LogP contribution in [0.4, 0.5) is 24.5 Å². The predicted molar refractivity (Wildman–Crippen MR) is 68.1 cm³/mol. The van der Waals surface area contributed by atoms with Gasteiger partial charge in [-0.25, -0.2) is 4.79 Å². The van der Waals surface area contributed by atoms with Crippen LogP contribution in [-0.4, -0.2) is 11.1 Å². The highest BCUT2D eigenvalue weighted by Crippen LogP contribution is 2.38. The number of halogens is 3. The van der Waals surface area contributed by atoms with E-state index in [9.17, 15) is 18.0 Å². The zero-order valence-corrected chi connectivity index (χ0v) is 10.1. The van der Waals surface area contributed by atoms with Gasteiger partial charge in [-0.3, -0.25) is 0 Å². The standard InChI is InChI=1S/C14H10F3NO2/c15-14(16,17)11-8-4-7-10(13(19)20)12(11)18-9-5-2-1-3-6-9/h1-8,18H,(H,19,20). The van der Waals surface area contributed by atoms with Crippen LogP contribution in [0.25, 0.3) is 0 Å². The Balaban J connectivity index is 2.56. The highest BCUT2D eigenvalue weighted by atomic mass is 19.4. The van der Waals surface area contributed by atoms with Crippen molar-refractivity contribution in [2.45, 2.75) is 6.18 Å². The van der Waals surface area contributed by atoms with Crippen molar-refractivity contribution in [1.82, 2.24) is 0 Å². The molecule has 104 valence electrons. The Morgan fingerprint density at radius 3 is 2.20 bits per heavy atom. The molecule has 3 nitrogen and oxygen atoms in total. The molecular formula is C14H10F3NO2. The molecule has 0 unspecified atom stereocenters. The molecule has 0 saturated carbocycles. The minimum Gasteiger partial charge on any atom is -0.478 e. The van der Waals surface area contributed by atoms with E-state index in [0.717, 1.165) is 18.2 Å². The molecule has 0 saturated heterocycles. The van der Waals surface area contributed by atoms with Gasteiger partial charge in [0.05, 0.1) is 16.8 Å². The summed E-state index contributed by atoms with van der Waals surface area (Å²) in [5.41, 5.74) is -1.52. The van der Waals surface area contributed by atoms with E-state index in [1.54, 1.807) is 30.3 Å². The number of para-hydroxylation sites is 2. The van der Waals surface area contributed by atoms with Crippen LogP contribution in [0.15, 0.2) is 48.5 Å². The third kappa shape index (κ3) is 2.90. The number of carboxylic acid groups (broad SMARTS) is 1. The molecule has 20 heavy (non-hydrogen) atoms. The van der Waals surface area contributed by atoms with Crippen LogP contribution in [0, 0.1) is 0 Å². The summed E-state index contributed by atoms with van der Waals surface area (Å²) in [6.45, 7) is 0. The molecular weight excluding hydrogens is 271 g/mol. The number of nitrogens with one attached hydrogen (secondary N) is 1. The largest absolute Gasteiger partial charge is 0.478 e. The summed E-state index contributed by atoms with van der Waals surface area (Å²) in [6, 6.07) is 11.1. The van der Waals surface area contributed by atoms with Crippen molar-refractivity contribution in [2.24, 2.45) is 0 Å². The van der Waals surface area contributed by atoms with Crippen molar-refractivity contribution in [3.8, 4) is 0 Å². The van der Waals surface area contributed by atoms with E-state index in [1.165, 1.54) is 0 Å². The number of aromatic carboxylic acids is 1. The van der Waals surface area contributed by atoms with Crippen molar-refractivity contribution in [2.75, 3.05) is 5.32 Å². The lowest BCUT2D eigenvalue weighted by Gasteiger charge is -2.16. The SMILES string of the molecule is O=C(O)c1cccc(C(F)(F)F)c1Nc1ccccc1. The van der Waals surface area contributed by atoms with Crippen LogP contribution in [-0.2, 0) is 6.18 Å². The van der Waals surface area contributed by atoms with Gasteiger partial charge in [0.25, 0.3) is 0 Å². The van der Waals surface area contributed by atoms with Crippen molar-refractivity contribution >= 4 is 17.3 Å². The zero-order chi connectivity index (χ0) is 14.8. The van der Waals surface area contributed by atoms with Gasteiger partial charge in [-0.2, -0.15) is 13.2 Å². The first-order valence-corrected chi connectivity index (χ1v) is 5.65. The van der Waals surface area contributed by atoms with Gasteiger partial charge in [0.2, 0.25) is 0 Å². The number of rotatable bonds is 3. The van der Waals surface area contributed by atoms with E-state index >= 15 is 0 Å². The third-order valence-electron chi connectivity index (χ3n) is 2.64. The predicted octanol–water partition coefficient (Wildman–Crippen LogP) is 4.15. The molecule has 0 aromatic heterocycles. The van der Waals surface area contributed by atoms with E-state index in [0.29, 0.717) is 5.69 Å². The molecule has 0 fully saturated rings. The fraction of sp³-hybridized carbons (Fsp3) is 0.0714. The Kier molecular flexibility index (Phi) is 3.65. The average molecular weight is 281 g/mol. The summed E-state index contributed by atoms with van der Waals surface area (Å²) in [4.78, 5) is 11.1. The Hall–Kier alpha value is -2.50. The molecule has 2 N–H and O–H groups in total. The van der Waals surface area contributed by atoms with E-state index in [-0.39, 0.29) is 0 Å². The normalized spacial score (nSPS) is 11.2. The van der Waals surface area contributed by atoms with Crippen LogP contribution in [0.2, 0.25) is 0 Å². The van der Waals surface area contributed by atoms with E-state index < -0.39 is 29.0 Å². The van der Waals surface area contributed by atoms with Gasteiger partial charge >= 0.3 is 12.1 Å². The molecule has 2 rings (SSSR count). The maximum atomic E-state index is 13.0. The molecule has 0 heterocycles. The molecule has 0 aliphatic rings. The van der Waals surface area contributed by atoms with Crippen molar-refractivity contribution in [3.05, 3.63) is 59.7 Å². The number of hydrogen-bond donors (Lipinski definition) is 2. The number of carbonyl (C=O) groups is 1. The lowest BCUT2D eigenvalue weighted by Crippen LogP contribution is -2.12. The maximum absolute atomic E-state index is 13.0. The molecule has 2 aromatic carbocycles. The molecule has 0 radical (unpaired) electrons. The van der Waals surface area contributed by atoms with Crippen molar-refractivity contribution in [1.29, 1.82) is 0 Å². The van der Waals surface area contributed by atoms with Gasteiger partial charge in [-0.15, -0.1) is 0 Å². The Bertz CT molecular complexity index is 624. The number of hydrogen-bond acceptors (Lipinski definition) is 2. The fourth-order valence-electron chi connectivity index (χ4n) is 1.77. The Morgan fingerprint density at radius 2 is 1.65 bits per heavy atom. The smallest absolute Gasteiger partial charge is 0.418 e. The van der Waals surface area contributed by atoms with E-state index in [2.05, 4.69) is 5.32 Å². The van der Waals surface area contributed by atoms with Crippen molar-refractivity contribution in [3.63, 3.8) is 0 Å².